The van der Waals surface area contributed by atoms with Gasteiger partial charge in [0.2, 0.25) is 0 Å². The molecule has 0 amide bonds. The highest BCUT2D eigenvalue weighted by molar-refractivity contribution is 5.60. The molecule has 1 rings (SSSR count). The average molecular weight is 261 g/mol. The number of nitriles is 1. The third-order valence-corrected chi connectivity index (χ3v) is 3.05. The lowest BCUT2D eigenvalue weighted by molar-refractivity contribution is 0.187. The lowest BCUT2D eigenvalue weighted by Crippen LogP contribution is -2.22. The van der Waals surface area contributed by atoms with Crippen LogP contribution in [0.15, 0.2) is 18.2 Å². The van der Waals surface area contributed by atoms with Gasteiger partial charge in [-0.2, -0.15) is 5.26 Å². The standard InChI is InChI=1S/C15H23N3O/c1-4-17-11-13-5-6-15(14(9-13)10-16)18(3)8-7-12(2)19/h5-6,9,12,17,19H,4,7-8,11H2,1-3H3. The summed E-state index contributed by atoms with van der Waals surface area (Å²) in [5.74, 6) is 0. The molecule has 0 aliphatic rings. The van der Waals surface area contributed by atoms with Gasteiger partial charge in [-0.05, 0) is 37.6 Å². The second kappa shape index (κ2) is 7.78. The van der Waals surface area contributed by atoms with E-state index in [1.807, 2.05) is 30.1 Å². The first-order valence-electron chi connectivity index (χ1n) is 6.71. The van der Waals surface area contributed by atoms with Crippen molar-refractivity contribution in [3.63, 3.8) is 0 Å². The van der Waals surface area contributed by atoms with Crippen LogP contribution in [-0.4, -0.2) is 31.3 Å². The van der Waals surface area contributed by atoms with Crippen molar-refractivity contribution in [2.24, 2.45) is 0 Å². The molecule has 0 aliphatic heterocycles. The number of rotatable bonds is 7. The molecule has 4 nitrogen and oxygen atoms in total. The molecule has 19 heavy (non-hydrogen) atoms. The number of anilines is 1. The molecule has 104 valence electrons. The molecule has 0 fully saturated rings. The second-order valence-electron chi connectivity index (χ2n) is 4.80. The minimum atomic E-state index is -0.319. The molecular formula is C15H23N3O. The van der Waals surface area contributed by atoms with Gasteiger partial charge in [-0.3, -0.25) is 0 Å². The average Bonchev–Trinajstić information content (AvgIpc) is 2.42. The first-order chi connectivity index (χ1) is 9.08. The molecule has 0 aromatic heterocycles. The molecule has 0 heterocycles. The van der Waals surface area contributed by atoms with Gasteiger partial charge in [-0.1, -0.05) is 13.0 Å². The van der Waals surface area contributed by atoms with Crippen LogP contribution in [0, 0.1) is 11.3 Å². The van der Waals surface area contributed by atoms with Gasteiger partial charge < -0.3 is 15.3 Å². The SMILES string of the molecule is CCNCc1ccc(N(C)CCC(C)O)c(C#N)c1. The van der Waals surface area contributed by atoms with Crippen molar-refractivity contribution in [3.05, 3.63) is 29.3 Å². The molecule has 0 radical (unpaired) electrons. The van der Waals surface area contributed by atoms with E-state index >= 15 is 0 Å². The van der Waals surface area contributed by atoms with Gasteiger partial charge in [-0.15, -0.1) is 0 Å². The first kappa shape index (κ1) is 15.5. The Morgan fingerprint density at radius 1 is 1.47 bits per heavy atom. The number of aliphatic hydroxyl groups excluding tert-OH is 1. The number of hydrogen-bond donors (Lipinski definition) is 2. The summed E-state index contributed by atoms with van der Waals surface area (Å²) in [6, 6.07) is 8.20. The van der Waals surface area contributed by atoms with E-state index in [0.717, 1.165) is 30.9 Å². The normalized spacial score (nSPS) is 11.9. The Balaban J connectivity index is 2.80. The zero-order valence-corrected chi connectivity index (χ0v) is 12.0. The van der Waals surface area contributed by atoms with Gasteiger partial charge in [0.15, 0.2) is 0 Å². The maximum atomic E-state index is 9.32. The number of nitrogens with one attached hydrogen (secondary N) is 1. The predicted molar refractivity (Wildman–Crippen MR) is 78.1 cm³/mol. The second-order valence-corrected chi connectivity index (χ2v) is 4.80. The zero-order valence-electron chi connectivity index (χ0n) is 12.0. The molecule has 0 bridgehead atoms. The summed E-state index contributed by atoms with van der Waals surface area (Å²) in [5.41, 5.74) is 2.72. The Morgan fingerprint density at radius 3 is 2.79 bits per heavy atom. The van der Waals surface area contributed by atoms with Gasteiger partial charge >= 0.3 is 0 Å². The van der Waals surface area contributed by atoms with Gasteiger partial charge in [-0.25, -0.2) is 0 Å². The number of aliphatic hydroxyl groups is 1. The summed E-state index contributed by atoms with van der Waals surface area (Å²) in [6.07, 6.45) is 0.376. The minimum absolute atomic E-state index is 0.319. The fraction of sp³-hybridized carbons (Fsp3) is 0.533. The summed E-state index contributed by atoms with van der Waals surface area (Å²) in [4.78, 5) is 2.02. The van der Waals surface area contributed by atoms with E-state index in [0.29, 0.717) is 12.0 Å². The van der Waals surface area contributed by atoms with E-state index in [9.17, 15) is 10.4 Å². The van der Waals surface area contributed by atoms with Gasteiger partial charge in [0, 0.05) is 20.1 Å². The molecule has 4 heteroatoms. The topological polar surface area (TPSA) is 59.3 Å². The molecule has 0 aliphatic carbocycles. The Labute approximate surface area is 115 Å². The lowest BCUT2D eigenvalue weighted by Gasteiger charge is -2.21. The van der Waals surface area contributed by atoms with Crippen LogP contribution in [0.2, 0.25) is 0 Å². The summed E-state index contributed by atoms with van der Waals surface area (Å²) < 4.78 is 0. The molecule has 1 aromatic rings. The van der Waals surface area contributed by atoms with E-state index in [1.165, 1.54) is 0 Å². The molecule has 1 unspecified atom stereocenters. The first-order valence-corrected chi connectivity index (χ1v) is 6.71. The smallest absolute Gasteiger partial charge is 0.101 e. The predicted octanol–water partition coefficient (Wildman–Crippen LogP) is 1.87. The van der Waals surface area contributed by atoms with Crippen molar-refractivity contribution in [2.75, 3.05) is 25.0 Å². The largest absolute Gasteiger partial charge is 0.393 e. The van der Waals surface area contributed by atoms with Gasteiger partial charge in [0.25, 0.3) is 0 Å². The van der Waals surface area contributed by atoms with Crippen LogP contribution in [0.25, 0.3) is 0 Å². The highest BCUT2D eigenvalue weighted by atomic mass is 16.3. The van der Waals surface area contributed by atoms with Crippen LogP contribution < -0.4 is 10.2 Å². The molecule has 1 aromatic carbocycles. The highest BCUT2D eigenvalue weighted by Gasteiger charge is 2.09. The summed E-state index contributed by atoms with van der Waals surface area (Å²) in [5, 5.41) is 21.8. The summed E-state index contributed by atoms with van der Waals surface area (Å²) in [6.45, 7) is 6.27. The van der Waals surface area contributed by atoms with Crippen LogP contribution in [0.5, 0.6) is 0 Å². The maximum absolute atomic E-state index is 9.32. The molecule has 0 spiro atoms. The highest BCUT2D eigenvalue weighted by Crippen LogP contribution is 2.20. The van der Waals surface area contributed by atoms with E-state index < -0.39 is 0 Å². The molecule has 2 N–H and O–H groups in total. The maximum Gasteiger partial charge on any atom is 0.101 e. The van der Waals surface area contributed by atoms with Crippen LogP contribution in [0.3, 0.4) is 0 Å². The number of benzene rings is 1. The van der Waals surface area contributed by atoms with Gasteiger partial charge in [0.05, 0.1) is 17.4 Å². The van der Waals surface area contributed by atoms with Crippen molar-refractivity contribution in [3.8, 4) is 6.07 Å². The van der Waals surface area contributed by atoms with E-state index in [1.54, 1.807) is 6.92 Å². The fourth-order valence-corrected chi connectivity index (χ4v) is 1.89. The Bertz CT molecular complexity index is 438. The van der Waals surface area contributed by atoms with Crippen molar-refractivity contribution >= 4 is 5.69 Å². The third kappa shape index (κ3) is 4.90. The number of nitrogens with zero attached hydrogens (tertiary/aromatic N) is 2. The molecule has 0 saturated carbocycles. The van der Waals surface area contributed by atoms with E-state index in [-0.39, 0.29) is 6.10 Å². The van der Waals surface area contributed by atoms with Crippen molar-refractivity contribution in [2.45, 2.75) is 32.9 Å². The Kier molecular flexibility index (Phi) is 6.34. The van der Waals surface area contributed by atoms with Crippen molar-refractivity contribution in [1.82, 2.24) is 5.32 Å². The molecule has 0 saturated heterocycles. The van der Waals surface area contributed by atoms with Crippen LogP contribution >= 0.6 is 0 Å². The van der Waals surface area contributed by atoms with Crippen LogP contribution in [0.1, 0.15) is 31.4 Å². The summed E-state index contributed by atoms with van der Waals surface area (Å²) in [7, 11) is 1.95. The van der Waals surface area contributed by atoms with E-state index in [2.05, 4.69) is 18.3 Å². The lowest BCUT2D eigenvalue weighted by atomic mass is 10.1. The molecular weight excluding hydrogens is 238 g/mol. The summed E-state index contributed by atoms with van der Waals surface area (Å²) >= 11 is 0. The Morgan fingerprint density at radius 2 is 2.21 bits per heavy atom. The van der Waals surface area contributed by atoms with Crippen molar-refractivity contribution in [1.29, 1.82) is 5.26 Å². The molecule has 1 atom stereocenters. The minimum Gasteiger partial charge on any atom is -0.393 e. The third-order valence-electron chi connectivity index (χ3n) is 3.05. The van der Waals surface area contributed by atoms with Crippen molar-refractivity contribution < 1.29 is 5.11 Å². The zero-order chi connectivity index (χ0) is 14.3. The monoisotopic (exact) mass is 261 g/mol. The van der Waals surface area contributed by atoms with E-state index in [4.69, 9.17) is 0 Å². The quantitative estimate of drug-likeness (QED) is 0.786. The van der Waals surface area contributed by atoms with Crippen LogP contribution in [-0.2, 0) is 6.54 Å². The van der Waals surface area contributed by atoms with Crippen LogP contribution in [0.4, 0.5) is 5.69 Å². The Hall–Kier alpha value is -1.57. The van der Waals surface area contributed by atoms with Gasteiger partial charge in [0.1, 0.15) is 6.07 Å². The fourth-order valence-electron chi connectivity index (χ4n) is 1.89. The number of hydrogen-bond acceptors (Lipinski definition) is 4.